The molecule has 30 heavy (non-hydrogen) atoms. The Kier molecular flexibility index (Phi) is 4.29. The molecule has 2 heterocycles. The first-order valence-electron chi connectivity index (χ1n) is 10.4. The zero-order valence-corrected chi connectivity index (χ0v) is 18.1. The van der Waals surface area contributed by atoms with Crippen LogP contribution in [0.1, 0.15) is 36.8 Å². The number of aromatic nitrogens is 2. The SMILES string of the molecule is Cc1ccc(C)c(S(=O)(=O)C2(C(=O)N3CCn4c3nc3ccccc34)CCCC2)c1. The Bertz CT molecular complexity index is 1270. The number of aryl methyl sites for hydroxylation is 2. The third kappa shape index (κ3) is 2.57. The smallest absolute Gasteiger partial charge is 0.251 e. The Balaban J connectivity index is 1.62. The molecule has 156 valence electrons. The molecule has 2 aliphatic rings. The highest BCUT2D eigenvalue weighted by Gasteiger charge is 2.56. The van der Waals surface area contributed by atoms with Crippen molar-refractivity contribution in [2.75, 3.05) is 11.4 Å². The van der Waals surface area contributed by atoms with Gasteiger partial charge in [-0.2, -0.15) is 0 Å². The molecule has 6 nitrogen and oxygen atoms in total. The fraction of sp³-hybridized carbons (Fsp3) is 0.391. The molecule has 0 N–H and O–H groups in total. The van der Waals surface area contributed by atoms with Crippen LogP contribution in [0.15, 0.2) is 47.4 Å². The van der Waals surface area contributed by atoms with Crippen molar-refractivity contribution in [2.24, 2.45) is 0 Å². The summed E-state index contributed by atoms with van der Waals surface area (Å²) in [5.41, 5.74) is 3.36. The van der Waals surface area contributed by atoms with Gasteiger partial charge in [0.05, 0.1) is 15.9 Å². The zero-order chi connectivity index (χ0) is 21.1. The Morgan fingerprint density at radius 2 is 1.77 bits per heavy atom. The summed E-state index contributed by atoms with van der Waals surface area (Å²) in [5.74, 6) is 0.235. The molecule has 1 saturated carbocycles. The van der Waals surface area contributed by atoms with Gasteiger partial charge in [-0.3, -0.25) is 9.69 Å². The van der Waals surface area contributed by atoms with Gasteiger partial charge in [-0.15, -0.1) is 0 Å². The lowest BCUT2D eigenvalue weighted by molar-refractivity contribution is -0.120. The topological polar surface area (TPSA) is 72.3 Å². The van der Waals surface area contributed by atoms with E-state index in [1.807, 2.05) is 47.9 Å². The first-order valence-corrected chi connectivity index (χ1v) is 11.9. The Hall–Kier alpha value is -2.67. The summed E-state index contributed by atoms with van der Waals surface area (Å²) < 4.78 is 28.5. The summed E-state index contributed by atoms with van der Waals surface area (Å²) in [6.45, 7) is 4.76. The molecular weight excluding hydrogens is 398 g/mol. The molecular formula is C23H25N3O3S. The summed E-state index contributed by atoms with van der Waals surface area (Å²) in [7, 11) is -3.85. The normalized spacial score (nSPS) is 18.1. The Morgan fingerprint density at radius 3 is 2.53 bits per heavy atom. The second kappa shape index (κ2) is 6.67. The fourth-order valence-electron chi connectivity index (χ4n) is 4.98. The first-order chi connectivity index (χ1) is 14.3. The summed E-state index contributed by atoms with van der Waals surface area (Å²) in [4.78, 5) is 20.5. The number of amides is 1. The Labute approximate surface area is 176 Å². The van der Waals surface area contributed by atoms with Gasteiger partial charge in [0, 0.05) is 13.1 Å². The fourth-order valence-corrected chi connectivity index (χ4v) is 7.40. The van der Waals surface area contributed by atoms with Crippen LogP contribution in [0.5, 0.6) is 0 Å². The van der Waals surface area contributed by atoms with Gasteiger partial charge in [0.15, 0.2) is 14.6 Å². The molecule has 5 rings (SSSR count). The van der Waals surface area contributed by atoms with Crippen LogP contribution >= 0.6 is 0 Å². The van der Waals surface area contributed by atoms with Crippen molar-refractivity contribution in [2.45, 2.75) is 55.7 Å². The third-order valence-corrected chi connectivity index (χ3v) is 9.25. The van der Waals surface area contributed by atoms with Crippen molar-refractivity contribution >= 4 is 32.7 Å². The van der Waals surface area contributed by atoms with E-state index in [9.17, 15) is 13.2 Å². The number of sulfone groups is 1. The number of carbonyl (C=O) groups is 1. The van der Waals surface area contributed by atoms with Gasteiger partial charge in [0.25, 0.3) is 5.91 Å². The average Bonchev–Trinajstić information content (AvgIpc) is 3.45. The molecule has 0 radical (unpaired) electrons. The number of benzene rings is 2. The third-order valence-electron chi connectivity index (χ3n) is 6.62. The summed E-state index contributed by atoms with van der Waals surface area (Å²) >= 11 is 0. The molecule has 3 aromatic rings. The molecule has 0 atom stereocenters. The standard InChI is InChI=1S/C23H25N3O3S/c1-16-9-10-17(2)20(15-16)30(28,29)23(11-5-6-12-23)21(27)26-14-13-25-19-8-4-3-7-18(19)24-22(25)26/h3-4,7-10,15H,5-6,11-14H2,1-2H3. The maximum Gasteiger partial charge on any atom is 0.251 e. The van der Waals surface area contributed by atoms with Gasteiger partial charge in [-0.05, 0) is 56.0 Å². The molecule has 1 amide bonds. The predicted molar refractivity (Wildman–Crippen MR) is 116 cm³/mol. The maximum atomic E-state index is 13.9. The van der Waals surface area contributed by atoms with Crippen molar-refractivity contribution in [3.63, 3.8) is 0 Å². The largest absolute Gasteiger partial charge is 0.308 e. The highest BCUT2D eigenvalue weighted by Crippen LogP contribution is 2.44. The van der Waals surface area contributed by atoms with Crippen LogP contribution in [-0.2, 0) is 21.2 Å². The lowest BCUT2D eigenvalue weighted by Gasteiger charge is -2.31. The molecule has 0 unspecified atom stereocenters. The highest BCUT2D eigenvalue weighted by molar-refractivity contribution is 7.93. The van der Waals surface area contributed by atoms with Gasteiger partial charge in [0.2, 0.25) is 5.95 Å². The van der Waals surface area contributed by atoms with E-state index in [1.165, 1.54) is 0 Å². The van der Waals surface area contributed by atoms with Gasteiger partial charge in [0.1, 0.15) is 0 Å². The van der Waals surface area contributed by atoms with Crippen molar-refractivity contribution in [1.29, 1.82) is 0 Å². The molecule has 1 aliphatic carbocycles. The minimum absolute atomic E-state index is 0.283. The minimum atomic E-state index is -3.85. The summed E-state index contributed by atoms with van der Waals surface area (Å²) in [5, 5.41) is 0. The van der Waals surface area contributed by atoms with Gasteiger partial charge >= 0.3 is 0 Å². The van der Waals surface area contributed by atoms with Crippen LogP contribution in [0.3, 0.4) is 0 Å². The highest BCUT2D eigenvalue weighted by atomic mass is 32.2. The van der Waals surface area contributed by atoms with Crippen molar-refractivity contribution in [3.8, 4) is 0 Å². The molecule has 0 bridgehead atoms. The van der Waals surface area contributed by atoms with Gasteiger partial charge in [-0.25, -0.2) is 13.4 Å². The molecule has 0 saturated heterocycles. The van der Waals surface area contributed by atoms with E-state index in [0.29, 0.717) is 37.4 Å². The van der Waals surface area contributed by atoms with E-state index < -0.39 is 14.6 Å². The molecule has 1 aromatic heterocycles. The van der Waals surface area contributed by atoms with E-state index in [1.54, 1.807) is 17.9 Å². The molecule has 0 spiro atoms. The number of para-hydroxylation sites is 2. The van der Waals surface area contributed by atoms with Gasteiger partial charge < -0.3 is 4.57 Å². The number of anilines is 1. The second-order valence-electron chi connectivity index (χ2n) is 8.48. The summed E-state index contributed by atoms with van der Waals surface area (Å²) in [6, 6.07) is 13.2. The maximum absolute atomic E-state index is 13.9. The van der Waals surface area contributed by atoms with Crippen LogP contribution in [0.2, 0.25) is 0 Å². The van der Waals surface area contributed by atoms with E-state index >= 15 is 0 Å². The van der Waals surface area contributed by atoms with Gasteiger partial charge in [-0.1, -0.05) is 37.1 Å². The van der Waals surface area contributed by atoms with E-state index in [-0.39, 0.29) is 10.8 Å². The number of nitrogens with zero attached hydrogens (tertiary/aromatic N) is 3. The van der Waals surface area contributed by atoms with Crippen LogP contribution in [0.4, 0.5) is 5.95 Å². The van der Waals surface area contributed by atoms with Crippen LogP contribution in [0, 0.1) is 13.8 Å². The van der Waals surface area contributed by atoms with Crippen LogP contribution < -0.4 is 4.90 Å². The molecule has 1 aliphatic heterocycles. The quantitative estimate of drug-likeness (QED) is 0.643. The number of hydrogen-bond acceptors (Lipinski definition) is 4. The molecule has 2 aromatic carbocycles. The second-order valence-corrected chi connectivity index (χ2v) is 10.7. The number of rotatable bonds is 3. The van der Waals surface area contributed by atoms with Crippen LogP contribution in [-0.4, -0.2) is 35.2 Å². The van der Waals surface area contributed by atoms with Crippen molar-refractivity contribution < 1.29 is 13.2 Å². The van der Waals surface area contributed by atoms with Crippen LogP contribution in [0.25, 0.3) is 11.0 Å². The Morgan fingerprint density at radius 1 is 1.03 bits per heavy atom. The summed E-state index contributed by atoms with van der Waals surface area (Å²) in [6.07, 6.45) is 2.19. The lowest BCUT2D eigenvalue weighted by Crippen LogP contribution is -2.52. The number of carbonyl (C=O) groups excluding carboxylic acids is 1. The minimum Gasteiger partial charge on any atom is -0.308 e. The monoisotopic (exact) mass is 423 g/mol. The zero-order valence-electron chi connectivity index (χ0n) is 17.3. The average molecular weight is 424 g/mol. The van der Waals surface area contributed by atoms with E-state index in [2.05, 4.69) is 4.98 Å². The number of hydrogen-bond donors (Lipinski definition) is 0. The first kappa shape index (κ1) is 19.3. The number of imidazole rings is 1. The lowest BCUT2D eigenvalue weighted by atomic mass is 10.1. The van der Waals surface area contributed by atoms with E-state index in [4.69, 9.17) is 0 Å². The molecule has 7 heteroatoms. The van der Waals surface area contributed by atoms with Crippen molar-refractivity contribution in [3.05, 3.63) is 53.6 Å². The molecule has 1 fully saturated rings. The van der Waals surface area contributed by atoms with E-state index in [0.717, 1.165) is 29.4 Å². The number of fused-ring (bicyclic) bond motifs is 3. The predicted octanol–water partition coefficient (Wildman–Crippen LogP) is 3.79. The van der Waals surface area contributed by atoms with Crippen molar-refractivity contribution in [1.82, 2.24) is 9.55 Å².